The second kappa shape index (κ2) is 6.88. The van der Waals surface area contributed by atoms with E-state index in [0.717, 1.165) is 39.8 Å². The fraction of sp³-hybridized carbons (Fsp3) is 0.333. The number of rotatable bonds is 6. The maximum absolute atomic E-state index is 9.13. The number of H-pyrrole nitrogens is 1. The summed E-state index contributed by atoms with van der Waals surface area (Å²) < 4.78 is 7.28. The van der Waals surface area contributed by atoms with E-state index in [1.165, 1.54) is 0 Å². The Labute approximate surface area is 141 Å². The molecule has 0 amide bonds. The minimum Gasteiger partial charge on any atom is -0.494 e. The topological polar surface area (TPSA) is 76.0 Å². The van der Waals surface area contributed by atoms with Gasteiger partial charge in [0.2, 0.25) is 0 Å². The number of nitrogens with zero attached hydrogens (tertiary/aromatic N) is 3. The van der Waals surface area contributed by atoms with Gasteiger partial charge in [-0.2, -0.15) is 5.10 Å². The zero-order valence-electron chi connectivity index (χ0n) is 14.2. The fourth-order valence-corrected chi connectivity index (χ4v) is 2.84. The lowest BCUT2D eigenvalue weighted by molar-refractivity contribution is 0.268. The van der Waals surface area contributed by atoms with Crippen molar-refractivity contribution >= 4 is 0 Å². The summed E-state index contributed by atoms with van der Waals surface area (Å²) in [5.41, 5.74) is 4.88. The molecule has 0 fully saturated rings. The highest BCUT2D eigenvalue weighted by molar-refractivity contribution is 5.67. The molecule has 0 atom stereocenters. The molecule has 24 heavy (non-hydrogen) atoms. The second-order valence-electron chi connectivity index (χ2n) is 5.60. The Morgan fingerprint density at radius 3 is 2.62 bits per heavy atom. The summed E-state index contributed by atoms with van der Waals surface area (Å²) in [6.45, 7) is 7.12. The lowest BCUT2D eigenvalue weighted by atomic mass is 10.1. The zero-order chi connectivity index (χ0) is 17.1. The Balaban J connectivity index is 1.91. The highest BCUT2D eigenvalue weighted by Crippen LogP contribution is 2.28. The lowest BCUT2D eigenvalue weighted by Crippen LogP contribution is -2.05. The van der Waals surface area contributed by atoms with Crippen LogP contribution in [0.15, 0.2) is 30.5 Å². The van der Waals surface area contributed by atoms with Crippen LogP contribution in [0.25, 0.3) is 22.6 Å². The van der Waals surface area contributed by atoms with Crippen molar-refractivity contribution in [1.29, 1.82) is 0 Å². The normalized spacial score (nSPS) is 11.0. The van der Waals surface area contributed by atoms with Crippen molar-refractivity contribution in [2.24, 2.45) is 0 Å². The molecular formula is C18H22N4O2. The van der Waals surface area contributed by atoms with Gasteiger partial charge in [-0.3, -0.25) is 4.68 Å². The van der Waals surface area contributed by atoms with Crippen molar-refractivity contribution in [2.75, 3.05) is 13.2 Å². The molecule has 1 aromatic carbocycles. The zero-order valence-corrected chi connectivity index (χ0v) is 14.2. The van der Waals surface area contributed by atoms with Gasteiger partial charge in [-0.1, -0.05) is 0 Å². The Hall–Kier alpha value is -2.60. The van der Waals surface area contributed by atoms with E-state index in [4.69, 9.17) is 9.84 Å². The number of hydrogen-bond donors (Lipinski definition) is 2. The number of aromatic nitrogens is 4. The number of nitrogens with one attached hydrogen (secondary N) is 1. The average Bonchev–Trinajstić information content (AvgIpc) is 3.14. The van der Waals surface area contributed by atoms with Crippen LogP contribution in [-0.4, -0.2) is 38.1 Å². The average molecular weight is 326 g/mol. The van der Waals surface area contributed by atoms with Crippen LogP contribution < -0.4 is 4.74 Å². The molecule has 3 aromatic rings. The van der Waals surface area contributed by atoms with Crippen LogP contribution in [0.5, 0.6) is 5.75 Å². The summed E-state index contributed by atoms with van der Waals surface area (Å²) >= 11 is 0. The molecule has 0 bridgehead atoms. The Bertz CT molecular complexity index is 818. The number of aliphatic hydroxyl groups is 1. The Morgan fingerprint density at radius 1 is 1.21 bits per heavy atom. The molecule has 2 heterocycles. The van der Waals surface area contributed by atoms with E-state index in [0.29, 0.717) is 13.2 Å². The van der Waals surface area contributed by atoms with E-state index in [1.54, 1.807) is 0 Å². The van der Waals surface area contributed by atoms with E-state index < -0.39 is 0 Å². The first-order valence-electron chi connectivity index (χ1n) is 8.07. The number of aliphatic hydroxyl groups excluding tert-OH is 1. The second-order valence-corrected chi connectivity index (χ2v) is 5.60. The van der Waals surface area contributed by atoms with E-state index in [2.05, 4.69) is 15.1 Å². The molecule has 2 aromatic heterocycles. The highest BCUT2D eigenvalue weighted by atomic mass is 16.5. The molecule has 2 N–H and O–H groups in total. The van der Waals surface area contributed by atoms with Gasteiger partial charge >= 0.3 is 0 Å². The third kappa shape index (κ3) is 3.05. The lowest BCUT2D eigenvalue weighted by Gasteiger charge is -2.04. The molecular weight excluding hydrogens is 304 g/mol. The van der Waals surface area contributed by atoms with Gasteiger partial charge in [-0.15, -0.1) is 0 Å². The van der Waals surface area contributed by atoms with Gasteiger partial charge in [-0.05, 0) is 50.6 Å². The standard InChI is InChI=1S/C18H22N4O2/c1-4-24-15-7-5-14(6-8-15)16-11-19-18(20-16)17-12(2)21-22(9-10-23)13(17)3/h5-8,11,23H,4,9-10H2,1-3H3,(H,19,20). The van der Waals surface area contributed by atoms with Crippen LogP contribution in [0.3, 0.4) is 0 Å². The number of imidazole rings is 1. The molecule has 0 spiro atoms. The molecule has 0 unspecified atom stereocenters. The van der Waals surface area contributed by atoms with Crippen molar-refractivity contribution in [3.8, 4) is 28.4 Å². The minimum atomic E-state index is 0.0665. The largest absolute Gasteiger partial charge is 0.494 e. The third-order valence-electron chi connectivity index (χ3n) is 3.98. The number of aromatic amines is 1. The van der Waals surface area contributed by atoms with E-state index in [1.807, 2.05) is 55.9 Å². The maximum Gasteiger partial charge on any atom is 0.141 e. The molecule has 126 valence electrons. The quantitative estimate of drug-likeness (QED) is 0.730. The highest BCUT2D eigenvalue weighted by Gasteiger charge is 2.16. The molecule has 0 radical (unpaired) electrons. The van der Waals surface area contributed by atoms with Crippen molar-refractivity contribution < 1.29 is 9.84 Å². The molecule has 0 saturated heterocycles. The summed E-state index contributed by atoms with van der Waals surface area (Å²) in [5.74, 6) is 1.65. The molecule has 6 nitrogen and oxygen atoms in total. The molecule has 6 heteroatoms. The molecule has 0 aliphatic heterocycles. The third-order valence-corrected chi connectivity index (χ3v) is 3.98. The van der Waals surface area contributed by atoms with Crippen LogP contribution in [-0.2, 0) is 6.54 Å². The number of aryl methyl sites for hydroxylation is 1. The fourth-order valence-electron chi connectivity index (χ4n) is 2.84. The van der Waals surface area contributed by atoms with Crippen LogP contribution in [0, 0.1) is 13.8 Å². The summed E-state index contributed by atoms with van der Waals surface area (Å²) in [4.78, 5) is 7.88. The van der Waals surface area contributed by atoms with Crippen LogP contribution in [0.1, 0.15) is 18.3 Å². The number of ether oxygens (including phenoxy) is 1. The monoisotopic (exact) mass is 326 g/mol. The molecule has 0 aliphatic rings. The van der Waals surface area contributed by atoms with Gasteiger partial charge in [-0.25, -0.2) is 4.98 Å². The number of benzene rings is 1. The Morgan fingerprint density at radius 2 is 1.96 bits per heavy atom. The first-order valence-corrected chi connectivity index (χ1v) is 8.07. The van der Waals surface area contributed by atoms with E-state index >= 15 is 0 Å². The summed E-state index contributed by atoms with van der Waals surface area (Å²) in [6, 6.07) is 7.93. The summed E-state index contributed by atoms with van der Waals surface area (Å²) in [7, 11) is 0. The first kappa shape index (κ1) is 16.3. The van der Waals surface area contributed by atoms with E-state index in [9.17, 15) is 0 Å². The van der Waals surface area contributed by atoms with Gasteiger partial charge in [0.1, 0.15) is 11.6 Å². The first-order chi connectivity index (χ1) is 11.6. The van der Waals surface area contributed by atoms with Crippen molar-refractivity contribution in [3.63, 3.8) is 0 Å². The predicted octanol–water partition coefficient (Wildman–Crippen LogP) is 2.95. The molecule has 3 rings (SSSR count). The summed E-state index contributed by atoms with van der Waals surface area (Å²) in [6.07, 6.45) is 1.83. The summed E-state index contributed by atoms with van der Waals surface area (Å²) in [5, 5.41) is 13.6. The van der Waals surface area contributed by atoms with Crippen molar-refractivity contribution in [2.45, 2.75) is 27.3 Å². The van der Waals surface area contributed by atoms with Gasteiger partial charge < -0.3 is 14.8 Å². The predicted molar refractivity (Wildman–Crippen MR) is 93.0 cm³/mol. The van der Waals surface area contributed by atoms with Crippen LogP contribution in [0.4, 0.5) is 0 Å². The Kier molecular flexibility index (Phi) is 4.66. The molecule has 0 saturated carbocycles. The smallest absolute Gasteiger partial charge is 0.141 e. The maximum atomic E-state index is 9.13. The van der Waals surface area contributed by atoms with Gasteiger partial charge in [0.05, 0.1) is 42.9 Å². The van der Waals surface area contributed by atoms with E-state index in [-0.39, 0.29) is 6.61 Å². The van der Waals surface area contributed by atoms with Gasteiger partial charge in [0.15, 0.2) is 0 Å². The SMILES string of the molecule is CCOc1ccc(-c2cnc(-c3c(C)nn(CCO)c3C)[nH]2)cc1. The minimum absolute atomic E-state index is 0.0665. The number of hydrogen-bond acceptors (Lipinski definition) is 4. The van der Waals surface area contributed by atoms with Crippen molar-refractivity contribution in [3.05, 3.63) is 41.9 Å². The van der Waals surface area contributed by atoms with Crippen molar-refractivity contribution in [1.82, 2.24) is 19.7 Å². The molecule has 0 aliphatic carbocycles. The van der Waals surface area contributed by atoms with Gasteiger partial charge in [0, 0.05) is 5.69 Å². The van der Waals surface area contributed by atoms with Gasteiger partial charge in [0.25, 0.3) is 0 Å². The van der Waals surface area contributed by atoms with Crippen LogP contribution >= 0.6 is 0 Å². The van der Waals surface area contributed by atoms with Crippen LogP contribution in [0.2, 0.25) is 0 Å².